The van der Waals surface area contributed by atoms with Crippen LogP contribution in [0, 0.1) is 0 Å². The van der Waals surface area contributed by atoms with Gasteiger partial charge in [0.1, 0.15) is 18.3 Å². The van der Waals surface area contributed by atoms with Crippen LogP contribution in [0.5, 0.6) is 0 Å². The first-order chi connectivity index (χ1) is 17.7. The summed E-state index contributed by atoms with van der Waals surface area (Å²) in [5.74, 6) is -0.247. The summed E-state index contributed by atoms with van der Waals surface area (Å²) in [6.07, 6.45) is 3.37. The van der Waals surface area contributed by atoms with E-state index in [1.165, 1.54) is 6.92 Å². The Hall–Kier alpha value is -1.34. The van der Waals surface area contributed by atoms with Gasteiger partial charge in [0.15, 0.2) is 6.29 Å². The Morgan fingerprint density at radius 1 is 0.973 bits per heavy atom. The molecule has 1 aliphatic heterocycles. The van der Waals surface area contributed by atoms with Gasteiger partial charge in [-0.2, -0.15) is 0 Å². The number of aliphatic hydroxyl groups excluding tert-OH is 5. The van der Waals surface area contributed by atoms with Crippen molar-refractivity contribution in [2.75, 3.05) is 19.8 Å². The summed E-state index contributed by atoms with van der Waals surface area (Å²) in [7, 11) is 0. The molecule has 0 spiro atoms. The van der Waals surface area contributed by atoms with Crippen LogP contribution in [-0.4, -0.2) is 100.0 Å². The standard InChI is InChI=1S/C26H50N2O9/c1-3-20(31)25(35)19(17-36-26-22(33)15-21(32)23(16-29)37-26)28-24(34)13-11-9-7-5-4-6-8-10-12-14-27-18(2)30/h19-23,25-26,29,31-33,35H,3-17H2,1-2H3,(H,27,30)(H,28,34)/t19-,20+,21+,22?,23?,25-,26-/m0/s1. The highest BCUT2D eigenvalue weighted by Crippen LogP contribution is 2.22. The monoisotopic (exact) mass is 534 g/mol. The molecule has 2 amide bonds. The first kappa shape index (κ1) is 33.7. The molecule has 0 saturated carbocycles. The third-order valence-electron chi connectivity index (χ3n) is 6.68. The summed E-state index contributed by atoms with van der Waals surface area (Å²) in [6, 6.07) is -0.914. The molecule has 1 rings (SSSR count). The number of aliphatic hydroxyl groups is 5. The minimum atomic E-state index is -1.27. The Morgan fingerprint density at radius 2 is 1.57 bits per heavy atom. The Labute approximate surface area is 220 Å². The molecule has 0 aromatic heterocycles. The number of ether oxygens (including phenoxy) is 2. The SMILES string of the molecule is CC[C@@H](O)[C@@H](O)[C@H](CO[C@H]1OC(CO)[C@H](O)CC1O)NC(=O)CCCCCCCCCCCNC(C)=O. The van der Waals surface area contributed by atoms with Crippen LogP contribution in [-0.2, 0) is 19.1 Å². The van der Waals surface area contributed by atoms with E-state index in [9.17, 15) is 35.1 Å². The maximum atomic E-state index is 12.5. The minimum Gasteiger partial charge on any atom is -0.394 e. The van der Waals surface area contributed by atoms with Crippen molar-refractivity contribution in [2.45, 2.75) is 134 Å². The van der Waals surface area contributed by atoms with Gasteiger partial charge in [-0.25, -0.2) is 0 Å². The van der Waals surface area contributed by atoms with E-state index in [0.717, 1.165) is 57.9 Å². The smallest absolute Gasteiger partial charge is 0.220 e. The largest absolute Gasteiger partial charge is 0.394 e. The van der Waals surface area contributed by atoms with Crippen molar-refractivity contribution in [3.63, 3.8) is 0 Å². The number of carbonyl (C=O) groups excluding carboxylic acids is 2. The summed E-state index contributed by atoms with van der Waals surface area (Å²) < 4.78 is 11.0. The highest BCUT2D eigenvalue weighted by molar-refractivity contribution is 5.76. The number of hydrogen-bond acceptors (Lipinski definition) is 9. The molecule has 1 heterocycles. The second-order valence-electron chi connectivity index (χ2n) is 9.98. The van der Waals surface area contributed by atoms with Gasteiger partial charge in [-0.3, -0.25) is 9.59 Å². The highest BCUT2D eigenvalue weighted by Gasteiger charge is 2.37. The van der Waals surface area contributed by atoms with Crippen molar-refractivity contribution in [1.82, 2.24) is 10.6 Å². The fourth-order valence-electron chi connectivity index (χ4n) is 4.30. The Morgan fingerprint density at radius 3 is 2.14 bits per heavy atom. The van der Waals surface area contributed by atoms with Crippen molar-refractivity contribution in [2.24, 2.45) is 0 Å². The van der Waals surface area contributed by atoms with Crippen molar-refractivity contribution in [3.05, 3.63) is 0 Å². The van der Waals surface area contributed by atoms with E-state index in [-0.39, 0.29) is 37.7 Å². The zero-order valence-electron chi connectivity index (χ0n) is 22.5. The van der Waals surface area contributed by atoms with Crippen LogP contribution < -0.4 is 10.6 Å². The number of nitrogens with one attached hydrogen (secondary N) is 2. The minimum absolute atomic E-state index is 0.0135. The van der Waals surface area contributed by atoms with Crippen molar-refractivity contribution in [3.8, 4) is 0 Å². The molecule has 11 heteroatoms. The zero-order valence-corrected chi connectivity index (χ0v) is 22.5. The molecule has 1 fully saturated rings. The summed E-state index contributed by atoms with van der Waals surface area (Å²) in [6.45, 7) is 3.32. The second kappa shape index (κ2) is 19.7. The van der Waals surface area contributed by atoms with E-state index in [4.69, 9.17) is 9.47 Å². The maximum Gasteiger partial charge on any atom is 0.220 e. The van der Waals surface area contributed by atoms with E-state index in [1.54, 1.807) is 6.92 Å². The van der Waals surface area contributed by atoms with Crippen LogP contribution in [0.2, 0.25) is 0 Å². The molecule has 218 valence electrons. The van der Waals surface area contributed by atoms with Crippen molar-refractivity contribution < 1.29 is 44.6 Å². The fourth-order valence-corrected chi connectivity index (χ4v) is 4.30. The Bertz CT molecular complexity index is 625. The van der Waals surface area contributed by atoms with Crippen molar-refractivity contribution in [1.29, 1.82) is 0 Å². The summed E-state index contributed by atoms with van der Waals surface area (Å²) >= 11 is 0. The Balaban J connectivity index is 2.30. The molecule has 37 heavy (non-hydrogen) atoms. The molecule has 7 atom stereocenters. The van der Waals surface area contributed by atoms with Crippen molar-refractivity contribution >= 4 is 11.8 Å². The van der Waals surface area contributed by atoms with E-state index < -0.39 is 49.5 Å². The van der Waals surface area contributed by atoms with Gasteiger partial charge >= 0.3 is 0 Å². The quantitative estimate of drug-likeness (QED) is 0.109. The number of amides is 2. The van der Waals surface area contributed by atoms with Crippen LogP contribution in [0.25, 0.3) is 0 Å². The molecule has 0 aliphatic carbocycles. The number of carbonyl (C=O) groups is 2. The van der Waals surface area contributed by atoms with E-state index in [2.05, 4.69) is 10.6 Å². The number of rotatable bonds is 20. The zero-order chi connectivity index (χ0) is 27.6. The summed E-state index contributed by atoms with van der Waals surface area (Å²) in [4.78, 5) is 23.3. The lowest BCUT2D eigenvalue weighted by Gasteiger charge is -2.37. The molecule has 1 saturated heterocycles. The van der Waals surface area contributed by atoms with Gasteiger partial charge in [0.2, 0.25) is 11.8 Å². The molecule has 0 aromatic carbocycles. The first-order valence-electron chi connectivity index (χ1n) is 13.8. The van der Waals surface area contributed by atoms with Gasteiger partial charge in [0.05, 0.1) is 31.5 Å². The number of unbranched alkanes of at least 4 members (excludes halogenated alkanes) is 8. The van der Waals surface area contributed by atoms with E-state index in [0.29, 0.717) is 6.42 Å². The molecule has 0 aromatic rings. The third kappa shape index (κ3) is 14.4. The molecular formula is C26H50N2O9. The second-order valence-corrected chi connectivity index (χ2v) is 9.98. The van der Waals surface area contributed by atoms with Gasteiger partial charge < -0.3 is 45.6 Å². The number of hydrogen-bond donors (Lipinski definition) is 7. The molecule has 0 bridgehead atoms. The van der Waals surface area contributed by atoms with E-state index >= 15 is 0 Å². The fraction of sp³-hybridized carbons (Fsp3) is 0.923. The van der Waals surface area contributed by atoms with Crippen LogP contribution in [0.15, 0.2) is 0 Å². The third-order valence-corrected chi connectivity index (χ3v) is 6.68. The van der Waals surface area contributed by atoms with E-state index in [1.807, 2.05) is 0 Å². The highest BCUT2D eigenvalue weighted by atomic mass is 16.7. The lowest BCUT2D eigenvalue weighted by molar-refractivity contribution is -0.273. The van der Waals surface area contributed by atoms with Crippen LogP contribution >= 0.6 is 0 Å². The van der Waals surface area contributed by atoms with Gasteiger partial charge in [-0.15, -0.1) is 0 Å². The van der Waals surface area contributed by atoms with Gasteiger partial charge in [0.25, 0.3) is 0 Å². The Kier molecular flexibility index (Phi) is 17.9. The maximum absolute atomic E-state index is 12.5. The average molecular weight is 535 g/mol. The molecule has 11 nitrogen and oxygen atoms in total. The normalized spacial score (nSPS) is 24.3. The van der Waals surface area contributed by atoms with Gasteiger partial charge in [-0.1, -0.05) is 51.9 Å². The average Bonchev–Trinajstić information content (AvgIpc) is 2.86. The first-order valence-corrected chi connectivity index (χ1v) is 13.8. The molecule has 7 N–H and O–H groups in total. The van der Waals surface area contributed by atoms with Crippen LogP contribution in [0.4, 0.5) is 0 Å². The van der Waals surface area contributed by atoms with Crippen LogP contribution in [0.3, 0.4) is 0 Å². The summed E-state index contributed by atoms with van der Waals surface area (Å²) in [5, 5.41) is 55.4. The topological polar surface area (TPSA) is 178 Å². The molecule has 2 unspecified atom stereocenters. The van der Waals surface area contributed by atoms with Crippen LogP contribution in [0.1, 0.15) is 90.9 Å². The molecule has 0 radical (unpaired) electrons. The molecular weight excluding hydrogens is 484 g/mol. The lowest BCUT2D eigenvalue weighted by Crippen LogP contribution is -2.54. The van der Waals surface area contributed by atoms with Gasteiger partial charge in [-0.05, 0) is 19.3 Å². The predicted molar refractivity (Wildman–Crippen MR) is 137 cm³/mol. The predicted octanol–water partition coefficient (Wildman–Crippen LogP) is 0.486. The molecule has 1 aliphatic rings. The van der Waals surface area contributed by atoms with Gasteiger partial charge in [0, 0.05) is 26.3 Å². The lowest BCUT2D eigenvalue weighted by atomic mass is 10.0. The summed E-state index contributed by atoms with van der Waals surface area (Å²) in [5.41, 5.74) is 0.